The maximum absolute atomic E-state index is 14.2. The zero-order chi connectivity index (χ0) is 22.5. The molecule has 2 aromatic rings. The number of rotatable bonds is 8. The standard InChI is InChI=1S/C25H29F2N3O2/c26-21-11-5-10-20(24(21)27)17-29-13-12-28-25(32)22(29)14-23(31)30(16-19-8-4-9-19)15-18-6-2-1-3-7-18/h1-3,5-7,10-11,19,22H,4,8-9,12-17H2,(H,28,32)/t22-/m0/s1. The Kier molecular flexibility index (Phi) is 7.15. The normalized spacial score (nSPS) is 19.3. The minimum Gasteiger partial charge on any atom is -0.353 e. The number of piperazine rings is 1. The summed E-state index contributed by atoms with van der Waals surface area (Å²) in [5, 5.41) is 2.81. The van der Waals surface area contributed by atoms with Crippen LogP contribution in [0.5, 0.6) is 0 Å². The Hall–Kier alpha value is -2.80. The van der Waals surface area contributed by atoms with Gasteiger partial charge in [-0.1, -0.05) is 48.9 Å². The van der Waals surface area contributed by atoms with Crippen molar-refractivity contribution in [3.63, 3.8) is 0 Å². The summed E-state index contributed by atoms with van der Waals surface area (Å²) in [4.78, 5) is 29.6. The molecule has 1 saturated heterocycles. The van der Waals surface area contributed by atoms with Gasteiger partial charge in [-0.3, -0.25) is 14.5 Å². The number of hydrogen-bond acceptors (Lipinski definition) is 3. The molecule has 0 spiro atoms. The van der Waals surface area contributed by atoms with E-state index in [1.54, 1.807) is 4.90 Å². The van der Waals surface area contributed by atoms with Gasteiger partial charge in [-0.2, -0.15) is 0 Å². The Morgan fingerprint density at radius 3 is 2.59 bits per heavy atom. The van der Waals surface area contributed by atoms with Gasteiger partial charge in [0, 0.05) is 38.3 Å². The molecule has 5 nitrogen and oxygen atoms in total. The molecule has 1 aliphatic carbocycles. The lowest BCUT2D eigenvalue weighted by molar-refractivity contribution is -0.140. The molecule has 0 radical (unpaired) electrons. The van der Waals surface area contributed by atoms with Gasteiger partial charge in [0.05, 0.1) is 12.5 Å². The SMILES string of the molecule is O=C1NCCN(Cc2cccc(F)c2F)[C@H]1CC(=O)N(Cc1ccccc1)CC1CCC1. The van der Waals surface area contributed by atoms with E-state index < -0.39 is 17.7 Å². The fourth-order valence-corrected chi connectivity index (χ4v) is 4.40. The van der Waals surface area contributed by atoms with Crippen molar-refractivity contribution in [1.82, 2.24) is 15.1 Å². The predicted molar refractivity (Wildman–Crippen MR) is 117 cm³/mol. The molecule has 0 bridgehead atoms. The Morgan fingerprint density at radius 1 is 1.09 bits per heavy atom. The van der Waals surface area contributed by atoms with Crippen LogP contribution in [0.3, 0.4) is 0 Å². The summed E-state index contributed by atoms with van der Waals surface area (Å²) in [6.45, 7) is 2.15. The molecule has 1 atom stereocenters. The number of hydrogen-bond donors (Lipinski definition) is 1. The Bertz CT molecular complexity index is 949. The Morgan fingerprint density at radius 2 is 1.88 bits per heavy atom. The lowest BCUT2D eigenvalue weighted by atomic mass is 9.85. The van der Waals surface area contributed by atoms with Crippen LogP contribution < -0.4 is 5.32 Å². The molecule has 0 aromatic heterocycles. The third-order valence-corrected chi connectivity index (χ3v) is 6.49. The highest BCUT2D eigenvalue weighted by molar-refractivity contribution is 5.88. The van der Waals surface area contributed by atoms with Gasteiger partial charge in [0.1, 0.15) is 0 Å². The molecule has 32 heavy (non-hydrogen) atoms. The monoisotopic (exact) mass is 441 g/mol. The lowest BCUT2D eigenvalue weighted by Crippen LogP contribution is -2.56. The van der Waals surface area contributed by atoms with Gasteiger partial charge in [-0.25, -0.2) is 8.78 Å². The number of nitrogens with zero attached hydrogens (tertiary/aromatic N) is 2. The van der Waals surface area contributed by atoms with E-state index in [9.17, 15) is 18.4 Å². The maximum Gasteiger partial charge on any atom is 0.237 e. The smallest absolute Gasteiger partial charge is 0.237 e. The Labute approximate surface area is 187 Å². The summed E-state index contributed by atoms with van der Waals surface area (Å²) in [6.07, 6.45) is 3.44. The van der Waals surface area contributed by atoms with Crippen molar-refractivity contribution in [3.05, 3.63) is 71.3 Å². The van der Waals surface area contributed by atoms with Crippen molar-refractivity contribution in [3.8, 4) is 0 Å². The molecule has 1 aliphatic heterocycles. The van der Waals surface area contributed by atoms with E-state index in [-0.39, 0.29) is 30.3 Å². The average Bonchev–Trinajstić information content (AvgIpc) is 2.76. The maximum atomic E-state index is 14.2. The average molecular weight is 442 g/mol. The summed E-state index contributed by atoms with van der Waals surface area (Å²) in [5.41, 5.74) is 1.24. The summed E-state index contributed by atoms with van der Waals surface area (Å²) >= 11 is 0. The second kappa shape index (κ2) is 10.2. The van der Waals surface area contributed by atoms with Crippen LogP contribution in [0.1, 0.15) is 36.8 Å². The van der Waals surface area contributed by atoms with E-state index >= 15 is 0 Å². The summed E-state index contributed by atoms with van der Waals surface area (Å²) in [7, 11) is 0. The van der Waals surface area contributed by atoms with E-state index in [1.807, 2.05) is 35.2 Å². The first-order chi connectivity index (χ1) is 15.5. The van der Waals surface area contributed by atoms with Crippen LogP contribution in [0.15, 0.2) is 48.5 Å². The zero-order valence-corrected chi connectivity index (χ0v) is 18.1. The molecule has 2 amide bonds. The van der Waals surface area contributed by atoms with Crippen LogP contribution in [-0.2, 0) is 22.7 Å². The van der Waals surface area contributed by atoms with E-state index in [4.69, 9.17) is 0 Å². The molecule has 1 N–H and O–H groups in total. The van der Waals surface area contributed by atoms with Crippen molar-refractivity contribution >= 4 is 11.8 Å². The fraction of sp³-hybridized carbons (Fsp3) is 0.440. The number of nitrogens with one attached hydrogen (secondary N) is 1. The molecule has 1 saturated carbocycles. The van der Waals surface area contributed by atoms with E-state index in [0.717, 1.165) is 24.5 Å². The first kappa shape index (κ1) is 22.4. The topological polar surface area (TPSA) is 52.7 Å². The van der Waals surface area contributed by atoms with E-state index in [1.165, 1.54) is 18.6 Å². The third kappa shape index (κ3) is 5.33. The van der Waals surface area contributed by atoms with Crippen molar-refractivity contribution in [2.75, 3.05) is 19.6 Å². The van der Waals surface area contributed by atoms with Crippen LogP contribution in [0.4, 0.5) is 8.78 Å². The van der Waals surface area contributed by atoms with Crippen LogP contribution in [0.25, 0.3) is 0 Å². The summed E-state index contributed by atoms with van der Waals surface area (Å²) < 4.78 is 27.9. The van der Waals surface area contributed by atoms with Crippen molar-refractivity contribution in [1.29, 1.82) is 0 Å². The minimum absolute atomic E-state index is 0.0162. The molecule has 170 valence electrons. The van der Waals surface area contributed by atoms with Crippen molar-refractivity contribution in [2.45, 2.75) is 44.8 Å². The van der Waals surface area contributed by atoms with E-state index in [0.29, 0.717) is 32.1 Å². The highest BCUT2D eigenvalue weighted by Gasteiger charge is 2.34. The highest BCUT2D eigenvalue weighted by atomic mass is 19.2. The molecule has 2 aliphatic rings. The second-order valence-electron chi connectivity index (χ2n) is 8.75. The Balaban J connectivity index is 1.48. The minimum atomic E-state index is -0.911. The number of amides is 2. The van der Waals surface area contributed by atoms with E-state index in [2.05, 4.69) is 5.32 Å². The number of halogens is 2. The number of benzene rings is 2. The highest BCUT2D eigenvalue weighted by Crippen LogP contribution is 2.28. The molecule has 7 heteroatoms. The van der Waals surface area contributed by atoms with Gasteiger partial charge in [0.15, 0.2) is 11.6 Å². The van der Waals surface area contributed by atoms with Gasteiger partial charge < -0.3 is 10.2 Å². The number of carbonyl (C=O) groups is 2. The molecule has 2 fully saturated rings. The second-order valence-corrected chi connectivity index (χ2v) is 8.75. The van der Waals surface area contributed by atoms with Crippen LogP contribution in [-0.4, -0.2) is 47.3 Å². The molecular weight excluding hydrogens is 412 g/mol. The largest absolute Gasteiger partial charge is 0.353 e. The molecule has 2 aromatic carbocycles. The summed E-state index contributed by atoms with van der Waals surface area (Å²) in [5.74, 6) is -1.65. The van der Waals surface area contributed by atoms with Crippen LogP contribution >= 0.6 is 0 Å². The molecule has 0 unspecified atom stereocenters. The quantitative estimate of drug-likeness (QED) is 0.683. The first-order valence-corrected chi connectivity index (χ1v) is 11.3. The van der Waals surface area contributed by atoms with Crippen molar-refractivity contribution in [2.24, 2.45) is 5.92 Å². The molecular formula is C25H29F2N3O2. The summed E-state index contributed by atoms with van der Waals surface area (Å²) in [6, 6.07) is 13.2. The molecule has 1 heterocycles. The van der Waals surface area contributed by atoms with Crippen LogP contribution in [0.2, 0.25) is 0 Å². The lowest BCUT2D eigenvalue weighted by Gasteiger charge is -2.37. The van der Waals surface area contributed by atoms with Crippen molar-refractivity contribution < 1.29 is 18.4 Å². The van der Waals surface area contributed by atoms with Crippen LogP contribution in [0, 0.1) is 17.6 Å². The third-order valence-electron chi connectivity index (χ3n) is 6.49. The number of carbonyl (C=O) groups excluding carboxylic acids is 2. The van der Waals surface area contributed by atoms with Gasteiger partial charge in [-0.15, -0.1) is 0 Å². The van der Waals surface area contributed by atoms with Gasteiger partial charge in [-0.05, 0) is 30.4 Å². The van der Waals surface area contributed by atoms with Gasteiger partial charge in [0.25, 0.3) is 0 Å². The fourth-order valence-electron chi connectivity index (χ4n) is 4.40. The van der Waals surface area contributed by atoms with Gasteiger partial charge >= 0.3 is 0 Å². The first-order valence-electron chi connectivity index (χ1n) is 11.3. The van der Waals surface area contributed by atoms with Gasteiger partial charge in [0.2, 0.25) is 11.8 Å². The zero-order valence-electron chi connectivity index (χ0n) is 18.1. The molecule has 4 rings (SSSR count). The predicted octanol–water partition coefficient (Wildman–Crippen LogP) is 3.48.